The minimum Gasteiger partial charge on any atom is -0.319 e. The second-order valence-corrected chi connectivity index (χ2v) is 8.17. The van der Waals surface area contributed by atoms with Crippen LogP contribution in [0.15, 0.2) is 53.4 Å². The van der Waals surface area contributed by atoms with E-state index in [-0.39, 0.29) is 23.1 Å². The van der Waals surface area contributed by atoms with Gasteiger partial charge in [-0.25, -0.2) is 4.39 Å². The van der Waals surface area contributed by atoms with Crippen LogP contribution in [0.25, 0.3) is 0 Å². The van der Waals surface area contributed by atoms with Gasteiger partial charge in [-0.1, -0.05) is 12.1 Å². The quantitative estimate of drug-likeness (QED) is 0.575. The topological polar surface area (TPSA) is 23.6 Å². The van der Waals surface area contributed by atoms with Crippen LogP contribution in [0.3, 0.4) is 0 Å². The zero-order valence-corrected chi connectivity index (χ0v) is 15.8. The van der Waals surface area contributed by atoms with Crippen molar-refractivity contribution in [3.63, 3.8) is 0 Å². The number of carbonyl (C=O) groups excluding carboxylic acids is 1. The molecule has 0 bridgehead atoms. The van der Waals surface area contributed by atoms with Crippen molar-refractivity contribution in [1.82, 2.24) is 4.90 Å². The Kier molecular flexibility index (Phi) is 4.47. The molecule has 2 fully saturated rings. The lowest BCUT2D eigenvalue weighted by atomic mass is 10.2. The Morgan fingerprint density at radius 3 is 2.48 bits per heavy atom. The second-order valence-electron chi connectivity index (χ2n) is 5.81. The summed E-state index contributed by atoms with van der Waals surface area (Å²) >= 11 is 9.05. The number of carbonyl (C=O) groups is 1. The van der Waals surface area contributed by atoms with E-state index in [0.29, 0.717) is 16.6 Å². The van der Waals surface area contributed by atoms with Gasteiger partial charge in [0, 0.05) is 10.6 Å². The van der Waals surface area contributed by atoms with Gasteiger partial charge in [0.1, 0.15) is 17.2 Å². The lowest BCUT2D eigenvalue weighted by Gasteiger charge is -2.25. The molecule has 1 amide bonds. The Bertz CT molecular complexity index is 825. The Labute approximate surface area is 159 Å². The first-order valence-corrected chi connectivity index (χ1v) is 10.5. The van der Waals surface area contributed by atoms with E-state index < -0.39 is 0 Å². The molecule has 0 saturated carbocycles. The highest BCUT2D eigenvalue weighted by atomic mass is 32.2. The average Bonchev–Trinajstić information content (AvgIpc) is 3.17. The summed E-state index contributed by atoms with van der Waals surface area (Å²) in [6.45, 7) is 0. The van der Waals surface area contributed by atoms with Gasteiger partial charge >= 0.3 is 0 Å². The summed E-state index contributed by atoms with van der Waals surface area (Å²) in [7, 11) is 0. The molecule has 128 valence electrons. The van der Waals surface area contributed by atoms with Crippen LogP contribution < -0.4 is 4.90 Å². The van der Waals surface area contributed by atoms with Gasteiger partial charge in [-0.2, -0.15) is 0 Å². The molecule has 2 aliphatic rings. The zero-order valence-electron chi connectivity index (χ0n) is 13.4. The summed E-state index contributed by atoms with van der Waals surface area (Å²) in [5.74, 6) is 0.336. The van der Waals surface area contributed by atoms with E-state index in [2.05, 4.69) is 24.3 Å². The van der Waals surface area contributed by atoms with Gasteiger partial charge in [-0.15, -0.1) is 23.5 Å². The van der Waals surface area contributed by atoms with E-state index in [0.717, 1.165) is 5.56 Å². The van der Waals surface area contributed by atoms with Crippen molar-refractivity contribution in [3.05, 3.63) is 59.9 Å². The molecular weight excluding hydrogens is 375 g/mol. The first-order chi connectivity index (χ1) is 12.1. The van der Waals surface area contributed by atoms with Crippen LogP contribution in [0.2, 0.25) is 0 Å². The number of halogens is 1. The van der Waals surface area contributed by atoms with Crippen molar-refractivity contribution in [2.24, 2.45) is 0 Å². The van der Waals surface area contributed by atoms with Crippen molar-refractivity contribution < 1.29 is 9.18 Å². The molecule has 0 radical (unpaired) electrons. The van der Waals surface area contributed by atoms with E-state index >= 15 is 0 Å². The summed E-state index contributed by atoms with van der Waals surface area (Å²) in [5.41, 5.74) is 1.76. The number of anilines is 1. The third-order valence-electron chi connectivity index (χ3n) is 4.40. The number of thioether (sulfide) groups is 2. The number of hydrogen-bond donors (Lipinski definition) is 0. The van der Waals surface area contributed by atoms with Crippen molar-refractivity contribution in [2.75, 3.05) is 16.9 Å². The SMILES string of the molecule is CSc1ccc([C@@H]2SC[C@H]3C(=O)N(c4ccc(F)cc4)C(=S)N32)cc1. The predicted molar refractivity (Wildman–Crippen MR) is 106 cm³/mol. The van der Waals surface area contributed by atoms with Crippen molar-refractivity contribution in [3.8, 4) is 0 Å². The lowest BCUT2D eigenvalue weighted by molar-refractivity contribution is -0.119. The summed E-state index contributed by atoms with van der Waals surface area (Å²) in [4.78, 5) is 17.6. The van der Waals surface area contributed by atoms with Gasteiger partial charge in [0.2, 0.25) is 0 Å². The number of rotatable bonds is 3. The molecular formula is C18H15FN2OS3. The molecule has 0 aliphatic carbocycles. The van der Waals surface area contributed by atoms with Crippen molar-refractivity contribution >= 4 is 52.4 Å². The summed E-state index contributed by atoms with van der Waals surface area (Å²) in [5, 5.41) is 0.522. The molecule has 7 heteroatoms. The minimum atomic E-state index is -0.330. The molecule has 2 aromatic rings. The minimum absolute atomic E-state index is 0.0304. The third-order valence-corrected chi connectivity index (χ3v) is 6.86. The van der Waals surface area contributed by atoms with Gasteiger partial charge in [-0.05, 0) is 60.4 Å². The Balaban J connectivity index is 1.65. The third kappa shape index (κ3) is 2.84. The summed E-state index contributed by atoms with van der Waals surface area (Å²) in [6, 6.07) is 14.0. The number of nitrogens with zero attached hydrogens (tertiary/aromatic N) is 2. The highest BCUT2D eigenvalue weighted by Gasteiger charge is 2.50. The van der Waals surface area contributed by atoms with Crippen LogP contribution in [-0.4, -0.2) is 34.0 Å². The van der Waals surface area contributed by atoms with Crippen LogP contribution in [0.5, 0.6) is 0 Å². The van der Waals surface area contributed by atoms with Crippen LogP contribution in [-0.2, 0) is 4.79 Å². The highest BCUT2D eigenvalue weighted by molar-refractivity contribution is 8.00. The normalized spacial score (nSPS) is 22.6. The van der Waals surface area contributed by atoms with E-state index in [1.807, 2.05) is 11.2 Å². The van der Waals surface area contributed by atoms with Crippen LogP contribution in [0.1, 0.15) is 10.9 Å². The zero-order chi connectivity index (χ0) is 17.6. The smallest absolute Gasteiger partial charge is 0.257 e. The maximum absolute atomic E-state index is 13.2. The number of hydrogen-bond acceptors (Lipinski definition) is 4. The second kappa shape index (κ2) is 6.63. The molecule has 2 saturated heterocycles. The van der Waals surface area contributed by atoms with Gasteiger partial charge < -0.3 is 4.90 Å². The number of fused-ring (bicyclic) bond motifs is 1. The van der Waals surface area contributed by atoms with Crippen LogP contribution >= 0.6 is 35.7 Å². The molecule has 2 atom stereocenters. The van der Waals surface area contributed by atoms with E-state index in [1.165, 1.54) is 21.9 Å². The Hall–Kier alpha value is -1.57. The molecule has 0 aromatic heterocycles. The molecule has 25 heavy (non-hydrogen) atoms. The maximum Gasteiger partial charge on any atom is 0.257 e. The summed E-state index contributed by atoms with van der Waals surface area (Å²) in [6.07, 6.45) is 2.05. The molecule has 3 nitrogen and oxygen atoms in total. The first kappa shape index (κ1) is 16.9. The van der Waals surface area contributed by atoms with Crippen molar-refractivity contribution in [1.29, 1.82) is 0 Å². The average molecular weight is 391 g/mol. The predicted octanol–water partition coefficient (Wildman–Crippen LogP) is 4.30. The van der Waals surface area contributed by atoms with E-state index in [1.54, 1.807) is 35.7 Å². The van der Waals surface area contributed by atoms with Crippen LogP contribution in [0, 0.1) is 5.82 Å². The highest BCUT2D eigenvalue weighted by Crippen LogP contribution is 2.46. The number of thiocarbonyl (C=S) groups is 1. The fourth-order valence-corrected chi connectivity index (χ4v) is 5.47. The molecule has 0 unspecified atom stereocenters. The van der Waals surface area contributed by atoms with E-state index in [9.17, 15) is 9.18 Å². The van der Waals surface area contributed by atoms with Gasteiger partial charge in [-0.3, -0.25) is 9.69 Å². The molecule has 0 N–H and O–H groups in total. The monoisotopic (exact) mass is 390 g/mol. The molecule has 2 heterocycles. The van der Waals surface area contributed by atoms with E-state index in [4.69, 9.17) is 12.2 Å². The molecule has 0 spiro atoms. The van der Waals surface area contributed by atoms with Crippen molar-refractivity contribution in [2.45, 2.75) is 16.3 Å². The number of amides is 1. The molecule has 2 aromatic carbocycles. The number of benzene rings is 2. The fourth-order valence-electron chi connectivity index (χ4n) is 3.14. The Morgan fingerprint density at radius 1 is 1.16 bits per heavy atom. The van der Waals surface area contributed by atoms with Crippen LogP contribution in [0.4, 0.5) is 10.1 Å². The molecule has 2 aliphatic heterocycles. The Morgan fingerprint density at radius 2 is 1.84 bits per heavy atom. The summed E-state index contributed by atoms with van der Waals surface area (Å²) < 4.78 is 13.2. The maximum atomic E-state index is 13.2. The molecule has 4 rings (SSSR count). The largest absolute Gasteiger partial charge is 0.319 e. The first-order valence-electron chi connectivity index (χ1n) is 7.77. The fraction of sp³-hybridized carbons (Fsp3) is 0.222. The van der Waals surface area contributed by atoms with Gasteiger partial charge in [0.15, 0.2) is 5.11 Å². The lowest BCUT2D eigenvalue weighted by Crippen LogP contribution is -2.33. The standard InChI is InChI=1S/C18H15FN2OS3/c1-24-14-8-2-11(3-9-14)17-21-15(10-25-17)16(22)20(18(21)23)13-6-4-12(19)5-7-13/h2-9,15,17H,10H2,1H3/t15-,17-/m0/s1. The van der Waals surface area contributed by atoms with Gasteiger partial charge in [0.05, 0.1) is 5.69 Å². The van der Waals surface area contributed by atoms with Gasteiger partial charge in [0.25, 0.3) is 5.91 Å².